The number of allylic oxidation sites excluding steroid dienone is 1. The van der Waals surface area contributed by atoms with Crippen LogP contribution in [0.1, 0.15) is 5.56 Å². The highest BCUT2D eigenvalue weighted by molar-refractivity contribution is 8.18. The highest BCUT2D eigenvalue weighted by atomic mass is 32.2. The van der Waals surface area contributed by atoms with Gasteiger partial charge in [-0.2, -0.15) is 10.1 Å². The van der Waals surface area contributed by atoms with Crippen LogP contribution in [0.4, 0.5) is 0 Å². The van der Waals surface area contributed by atoms with E-state index in [4.69, 9.17) is 4.74 Å². The molecule has 0 radical (unpaired) electrons. The number of amides is 1. The summed E-state index contributed by atoms with van der Waals surface area (Å²) in [6, 6.07) is 7.52. The first-order valence-electron chi connectivity index (χ1n) is 7.91. The molecule has 1 saturated heterocycles. The third-order valence-electron chi connectivity index (χ3n) is 3.27. The van der Waals surface area contributed by atoms with Crippen molar-refractivity contribution in [3.05, 3.63) is 59.5 Å². The van der Waals surface area contributed by atoms with E-state index in [1.807, 2.05) is 30.3 Å². The number of ether oxygens (including phenoxy) is 2. The van der Waals surface area contributed by atoms with E-state index in [-0.39, 0.29) is 4.91 Å². The number of thioether (sulfide) groups is 1. The number of carbonyl (C=O) groups excluding carboxylic acids is 2. The van der Waals surface area contributed by atoms with Gasteiger partial charge in [0, 0.05) is 17.9 Å². The van der Waals surface area contributed by atoms with Crippen molar-refractivity contribution in [3.8, 4) is 5.75 Å². The zero-order valence-corrected chi connectivity index (χ0v) is 15.8. The fraction of sp³-hybridized carbons (Fsp3) is 0.158. The summed E-state index contributed by atoms with van der Waals surface area (Å²) in [4.78, 5) is 28.3. The molecule has 0 spiro atoms. The number of para-hydroxylation sites is 1. The first-order valence-corrected chi connectivity index (χ1v) is 8.73. The minimum Gasteiger partial charge on any atom is -0.496 e. The summed E-state index contributed by atoms with van der Waals surface area (Å²) < 4.78 is 9.84. The molecule has 1 amide bonds. The lowest BCUT2D eigenvalue weighted by atomic mass is 10.2. The lowest BCUT2D eigenvalue weighted by Gasteiger charge is -2.07. The van der Waals surface area contributed by atoms with Crippen molar-refractivity contribution in [3.63, 3.8) is 0 Å². The molecule has 27 heavy (non-hydrogen) atoms. The van der Waals surface area contributed by atoms with Crippen LogP contribution in [0.25, 0.3) is 6.08 Å². The summed E-state index contributed by atoms with van der Waals surface area (Å²) in [5.41, 5.74) is 0.875. The normalized spacial score (nSPS) is 17.4. The van der Waals surface area contributed by atoms with Crippen LogP contribution in [0.5, 0.6) is 5.75 Å². The van der Waals surface area contributed by atoms with Gasteiger partial charge in [0.2, 0.25) is 0 Å². The van der Waals surface area contributed by atoms with Crippen LogP contribution in [-0.2, 0) is 14.3 Å². The van der Waals surface area contributed by atoms with Crippen LogP contribution in [0.3, 0.4) is 0 Å². The summed E-state index contributed by atoms with van der Waals surface area (Å²) in [7, 11) is 2.84. The highest BCUT2D eigenvalue weighted by Crippen LogP contribution is 2.31. The number of hydrazone groups is 1. The zero-order chi connectivity index (χ0) is 19.6. The molecule has 0 aliphatic carbocycles. The maximum absolute atomic E-state index is 12.5. The first-order chi connectivity index (χ1) is 13.1. The maximum atomic E-state index is 12.5. The number of hydrogen-bond acceptors (Lipinski definition) is 7. The Labute approximate surface area is 161 Å². The molecule has 1 heterocycles. The lowest BCUT2D eigenvalue weighted by Crippen LogP contribution is -2.23. The lowest BCUT2D eigenvalue weighted by molar-refractivity contribution is -0.135. The summed E-state index contributed by atoms with van der Waals surface area (Å²) >= 11 is 1.05. The average Bonchev–Trinajstić information content (AvgIpc) is 2.98. The largest absolute Gasteiger partial charge is 0.496 e. The Hall–Kier alpha value is -3.13. The molecule has 0 unspecified atom stereocenters. The Morgan fingerprint density at radius 3 is 2.81 bits per heavy atom. The number of rotatable bonds is 7. The van der Waals surface area contributed by atoms with Crippen LogP contribution in [0.15, 0.2) is 64.1 Å². The zero-order valence-electron chi connectivity index (χ0n) is 15.0. The second-order valence-corrected chi connectivity index (χ2v) is 6.04. The molecule has 0 atom stereocenters. The number of methoxy groups -OCH3 is 2. The Kier molecular flexibility index (Phi) is 7.57. The van der Waals surface area contributed by atoms with E-state index < -0.39 is 11.9 Å². The molecular formula is C19H19N3O4S. The Morgan fingerprint density at radius 2 is 2.11 bits per heavy atom. The van der Waals surface area contributed by atoms with Crippen LogP contribution in [0, 0.1) is 0 Å². The number of aliphatic imine (C=N–C) groups is 1. The number of hydrogen-bond donors (Lipinski definition) is 0. The number of amidine groups is 1. The fourth-order valence-electron chi connectivity index (χ4n) is 2.03. The average molecular weight is 385 g/mol. The summed E-state index contributed by atoms with van der Waals surface area (Å²) in [5.74, 6) is -0.336. The Balaban J connectivity index is 2.20. The predicted octanol–water partition coefficient (Wildman–Crippen LogP) is 2.87. The van der Waals surface area contributed by atoms with Gasteiger partial charge in [0.1, 0.15) is 5.75 Å². The van der Waals surface area contributed by atoms with E-state index in [9.17, 15) is 9.59 Å². The van der Waals surface area contributed by atoms with Gasteiger partial charge in [-0.25, -0.2) is 4.79 Å². The van der Waals surface area contributed by atoms with E-state index >= 15 is 0 Å². The minimum atomic E-state index is -0.615. The van der Waals surface area contributed by atoms with Gasteiger partial charge in [0.15, 0.2) is 5.17 Å². The molecule has 1 aliphatic rings. The molecule has 1 aromatic carbocycles. The van der Waals surface area contributed by atoms with E-state index in [2.05, 4.69) is 21.4 Å². The minimum absolute atomic E-state index is 0.190. The molecule has 0 saturated carbocycles. The van der Waals surface area contributed by atoms with Gasteiger partial charge in [-0.3, -0.25) is 9.79 Å². The van der Waals surface area contributed by atoms with Crippen molar-refractivity contribution < 1.29 is 19.1 Å². The van der Waals surface area contributed by atoms with Gasteiger partial charge >= 0.3 is 5.97 Å². The Bertz CT molecular complexity index is 843. The van der Waals surface area contributed by atoms with E-state index in [1.54, 1.807) is 19.3 Å². The predicted molar refractivity (Wildman–Crippen MR) is 108 cm³/mol. The number of esters is 1. The van der Waals surface area contributed by atoms with E-state index in [0.717, 1.165) is 34.2 Å². The van der Waals surface area contributed by atoms with Crippen LogP contribution in [0.2, 0.25) is 0 Å². The van der Waals surface area contributed by atoms with Crippen LogP contribution < -0.4 is 4.74 Å². The second kappa shape index (κ2) is 10.1. The van der Waals surface area contributed by atoms with E-state index in [0.29, 0.717) is 11.7 Å². The molecule has 7 nitrogen and oxygen atoms in total. The van der Waals surface area contributed by atoms with Gasteiger partial charge in [-0.1, -0.05) is 24.3 Å². The number of carbonyl (C=O) groups is 2. The molecule has 1 aromatic rings. The van der Waals surface area contributed by atoms with Crippen LogP contribution in [-0.4, -0.2) is 49.0 Å². The maximum Gasteiger partial charge on any atom is 0.331 e. The fourth-order valence-corrected chi connectivity index (χ4v) is 2.91. The summed E-state index contributed by atoms with van der Waals surface area (Å²) in [6.45, 7) is 3.93. The van der Waals surface area contributed by atoms with Gasteiger partial charge in [0.05, 0.1) is 25.7 Å². The monoisotopic (exact) mass is 385 g/mol. The van der Waals surface area contributed by atoms with Crippen molar-refractivity contribution >= 4 is 41.1 Å². The first kappa shape index (κ1) is 20.2. The molecule has 1 fully saturated rings. The smallest absolute Gasteiger partial charge is 0.331 e. The third kappa shape index (κ3) is 5.42. The molecule has 2 rings (SSSR count). The molecule has 140 valence electrons. The van der Waals surface area contributed by atoms with Gasteiger partial charge < -0.3 is 9.47 Å². The molecule has 0 N–H and O–H groups in total. The third-order valence-corrected chi connectivity index (χ3v) is 4.27. The number of nitrogens with zero attached hydrogens (tertiary/aromatic N) is 3. The Morgan fingerprint density at radius 1 is 1.33 bits per heavy atom. The highest BCUT2D eigenvalue weighted by Gasteiger charge is 2.33. The molecule has 0 aromatic heterocycles. The molecule has 1 aliphatic heterocycles. The second-order valence-electron chi connectivity index (χ2n) is 5.03. The quantitative estimate of drug-likeness (QED) is 0.312. The summed E-state index contributed by atoms with van der Waals surface area (Å²) in [5, 5.41) is 5.64. The topological polar surface area (TPSA) is 80.6 Å². The van der Waals surface area contributed by atoms with Crippen molar-refractivity contribution in [1.82, 2.24) is 5.01 Å². The van der Waals surface area contributed by atoms with Gasteiger partial charge in [0.25, 0.3) is 5.91 Å². The molecule has 0 bridgehead atoms. The van der Waals surface area contributed by atoms with Crippen LogP contribution >= 0.6 is 11.8 Å². The SMILES string of the molecule is C=CCN=C1S/C(=C\C(=O)OC)C(=O)N1/N=C/C=C/c1ccccc1OC. The number of benzene rings is 1. The molecular weight excluding hydrogens is 366 g/mol. The van der Waals surface area contributed by atoms with Crippen molar-refractivity contribution in [2.75, 3.05) is 20.8 Å². The standard InChI is InChI=1S/C19H19N3O4S/c1-4-11-20-19-22(18(24)16(27-19)13-17(23)26-3)21-12-7-9-14-8-5-6-10-15(14)25-2/h4-10,12-13H,1,11H2,2-3H3/b9-7+,16-13-,20-19?,21-12+. The van der Waals surface area contributed by atoms with Crippen molar-refractivity contribution in [2.24, 2.45) is 10.1 Å². The van der Waals surface area contributed by atoms with Gasteiger partial charge in [-0.05, 0) is 30.0 Å². The van der Waals surface area contributed by atoms with Gasteiger partial charge in [-0.15, -0.1) is 6.58 Å². The van der Waals surface area contributed by atoms with Crippen molar-refractivity contribution in [1.29, 1.82) is 0 Å². The van der Waals surface area contributed by atoms with E-state index in [1.165, 1.54) is 13.3 Å². The molecule has 8 heteroatoms. The summed E-state index contributed by atoms with van der Waals surface area (Å²) in [6.07, 6.45) is 7.68. The van der Waals surface area contributed by atoms with Crippen molar-refractivity contribution in [2.45, 2.75) is 0 Å².